The van der Waals surface area contributed by atoms with Crippen molar-refractivity contribution in [3.8, 4) is 6.07 Å². The molecule has 1 aliphatic rings. The number of carbonyl (C=O) groups is 2. The van der Waals surface area contributed by atoms with Crippen LogP contribution in [0.2, 0.25) is 0 Å². The Labute approximate surface area is 105 Å². The van der Waals surface area contributed by atoms with Gasteiger partial charge in [0.05, 0.1) is 18.5 Å². The fourth-order valence-electron chi connectivity index (χ4n) is 1.85. The first-order valence-corrected chi connectivity index (χ1v) is 5.70. The lowest BCUT2D eigenvalue weighted by molar-refractivity contribution is -0.138. The molecular weight excluding hydrogens is 230 g/mol. The number of imide groups is 1. The van der Waals surface area contributed by atoms with Gasteiger partial charge in [0.1, 0.15) is 6.04 Å². The summed E-state index contributed by atoms with van der Waals surface area (Å²) in [6.45, 7) is 1.83. The van der Waals surface area contributed by atoms with Gasteiger partial charge in [0.15, 0.2) is 0 Å². The van der Waals surface area contributed by atoms with Gasteiger partial charge in [0.25, 0.3) is 0 Å². The second-order valence-corrected chi connectivity index (χ2v) is 4.19. The van der Waals surface area contributed by atoms with E-state index in [0.29, 0.717) is 0 Å². The molecule has 2 atom stereocenters. The molecule has 3 amide bonds. The highest BCUT2D eigenvalue weighted by Gasteiger charge is 2.41. The molecule has 18 heavy (non-hydrogen) atoms. The van der Waals surface area contributed by atoms with E-state index in [4.69, 9.17) is 5.26 Å². The van der Waals surface area contributed by atoms with Gasteiger partial charge >= 0.3 is 6.03 Å². The molecule has 1 aromatic rings. The highest BCUT2D eigenvalue weighted by atomic mass is 16.2. The molecule has 5 heteroatoms. The number of hydrogen-bond acceptors (Lipinski definition) is 3. The number of nitrogens with one attached hydrogen (secondary N) is 1. The van der Waals surface area contributed by atoms with Crippen LogP contribution in [0, 0.1) is 11.3 Å². The van der Waals surface area contributed by atoms with E-state index in [9.17, 15) is 9.59 Å². The van der Waals surface area contributed by atoms with E-state index >= 15 is 0 Å². The van der Waals surface area contributed by atoms with Gasteiger partial charge in [0.2, 0.25) is 5.91 Å². The zero-order valence-corrected chi connectivity index (χ0v) is 9.96. The van der Waals surface area contributed by atoms with Crippen LogP contribution in [0.4, 0.5) is 4.79 Å². The van der Waals surface area contributed by atoms with Crippen LogP contribution >= 0.6 is 0 Å². The van der Waals surface area contributed by atoms with Crippen LogP contribution in [0.15, 0.2) is 30.3 Å². The summed E-state index contributed by atoms with van der Waals surface area (Å²) < 4.78 is 0. The monoisotopic (exact) mass is 243 g/mol. The first kappa shape index (κ1) is 12.1. The van der Waals surface area contributed by atoms with E-state index in [1.54, 1.807) is 0 Å². The number of hydrogen-bond donors (Lipinski definition) is 1. The Morgan fingerprint density at radius 3 is 2.72 bits per heavy atom. The van der Waals surface area contributed by atoms with E-state index in [2.05, 4.69) is 5.32 Å². The van der Waals surface area contributed by atoms with Crippen molar-refractivity contribution >= 4 is 11.9 Å². The molecule has 2 rings (SSSR count). The van der Waals surface area contributed by atoms with Crippen molar-refractivity contribution in [2.45, 2.75) is 25.4 Å². The fourth-order valence-corrected chi connectivity index (χ4v) is 1.85. The molecule has 0 radical (unpaired) electrons. The van der Waals surface area contributed by atoms with Crippen LogP contribution in [0.1, 0.15) is 24.9 Å². The van der Waals surface area contributed by atoms with Gasteiger partial charge < -0.3 is 5.32 Å². The Kier molecular flexibility index (Phi) is 3.28. The summed E-state index contributed by atoms with van der Waals surface area (Å²) >= 11 is 0. The van der Waals surface area contributed by atoms with Crippen molar-refractivity contribution in [2.75, 3.05) is 0 Å². The van der Waals surface area contributed by atoms with Gasteiger partial charge in [-0.3, -0.25) is 4.79 Å². The van der Waals surface area contributed by atoms with Crippen LogP contribution < -0.4 is 5.32 Å². The number of rotatable bonds is 2. The Hall–Kier alpha value is -2.35. The molecule has 0 spiro atoms. The summed E-state index contributed by atoms with van der Waals surface area (Å²) in [4.78, 5) is 24.1. The molecule has 0 bridgehead atoms. The summed E-state index contributed by atoms with van der Waals surface area (Å²) in [5.41, 5.74) is 0.951. The van der Waals surface area contributed by atoms with E-state index in [-0.39, 0.29) is 18.4 Å². The van der Waals surface area contributed by atoms with E-state index < -0.39 is 12.1 Å². The molecule has 1 aliphatic heterocycles. The normalized spacial score (nSPS) is 19.7. The predicted molar refractivity (Wildman–Crippen MR) is 64.3 cm³/mol. The lowest BCUT2D eigenvalue weighted by Crippen LogP contribution is -2.58. The average molecular weight is 243 g/mol. The molecule has 1 fully saturated rings. The van der Waals surface area contributed by atoms with Gasteiger partial charge in [-0.25, -0.2) is 9.69 Å². The minimum atomic E-state index is -0.625. The second-order valence-electron chi connectivity index (χ2n) is 4.19. The first-order chi connectivity index (χ1) is 8.63. The van der Waals surface area contributed by atoms with Crippen LogP contribution in [-0.2, 0) is 4.79 Å². The zero-order chi connectivity index (χ0) is 13.1. The third-order valence-electron chi connectivity index (χ3n) is 2.96. The smallest absolute Gasteiger partial charge is 0.325 e. The Bertz CT molecular complexity index is 507. The topological polar surface area (TPSA) is 73.2 Å². The van der Waals surface area contributed by atoms with Crippen molar-refractivity contribution in [1.29, 1.82) is 5.26 Å². The number of β-lactam (4-membered cyclic amide) rings is 1. The fraction of sp³-hybridized carbons (Fsp3) is 0.308. The molecule has 0 aromatic heterocycles. The third-order valence-corrected chi connectivity index (χ3v) is 2.96. The largest absolute Gasteiger partial charge is 0.331 e. The molecule has 1 heterocycles. The minimum absolute atomic E-state index is 0.129. The van der Waals surface area contributed by atoms with Crippen molar-refractivity contribution in [1.82, 2.24) is 10.2 Å². The molecule has 1 aromatic carbocycles. The maximum absolute atomic E-state index is 11.8. The summed E-state index contributed by atoms with van der Waals surface area (Å²) in [6.07, 6.45) is 0.129. The summed E-state index contributed by atoms with van der Waals surface area (Å²) in [5.74, 6) is -0.306. The quantitative estimate of drug-likeness (QED) is 0.801. The SMILES string of the molecule is CC(NC(=O)N1C(=O)CC1C#N)c1ccccc1. The number of amides is 3. The lowest BCUT2D eigenvalue weighted by Gasteiger charge is -2.34. The Morgan fingerprint density at radius 1 is 1.50 bits per heavy atom. The van der Waals surface area contributed by atoms with Crippen LogP contribution in [0.3, 0.4) is 0 Å². The van der Waals surface area contributed by atoms with Crippen molar-refractivity contribution in [3.05, 3.63) is 35.9 Å². The molecule has 0 saturated carbocycles. The van der Waals surface area contributed by atoms with E-state index in [0.717, 1.165) is 10.5 Å². The van der Waals surface area contributed by atoms with E-state index in [1.165, 1.54) is 0 Å². The number of benzene rings is 1. The number of urea groups is 1. The number of likely N-dealkylation sites (tertiary alicyclic amines) is 1. The maximum Gasteiger partial charge on any atom is 0.325 e. The number of nitrogens with zero attached hydrogens (tertiary/aromatic N) is 2. The maximum atomic E-state index is 11.8. The molecule has 2 unspecified atom stereocenters. The van der Waals surface area contributed by atoms with Crippen LogP contribution in [-0.4, -0.2) is 22.9 Å². The number of nitriles is 1. The average Bonchev–Trinajstić information content (AvgIpc) is 2.36. The van der Waals surface area contributed by atoms with Gasteiger partial charge in [-0.2, -0.15) is 5.26 Å². The highest BCUT2D eigenvalue weighted by Crippen LogP contribution is 2.20. The predicted octanol–water partition coefficient (Wildman–Crippen LogP) is 1.58. The molecule has 0 aliphatic carbocycles. The van der Waals surface area contributed by atoms with Gasteiger partial charge in [-0.15, -0.1) is 0 Å². The standard InChI is InChI=1S/C13H13N3O2/c1-9(10-5-3-2-4-6-10)15-13(18)16-11(8-14)7-12(16)17/h2-6,9,11H,7H2,1H3,(H,15,18). The first-order valence-electron chi connectivity index (χ1n) is 5.70. The third kappa shape index (κ3) is 2.18. The molecule has 92 valence electrons. The van der Waals surface area contributed by atoms with Crippen molar-refractivity contribution in [3.63, 3.8) is 0 Å². The highest BCUT2D eigenvalue weighted by molar-refractivity contribution is 6.00. The van der Waals surface area contributed by atoms with Gasteiger partial charge in [0, 0.05) is 0 Å². The molecular formula is C13H13N3O2. The second kappa shape index (κ2) is 4.88. The Morgan fingerprint density at radius 2 is 2.17 bits per heavy atom. The van der Waals surface area contributed by atoms with Gasteiger partial charge in [-0.05, 0) is 12.5 Å². The minimum Gasteiger partial charge on any atom is -0.331 e. The summed E-state index contributed by atoms with van der Waals surface area (Å²) in [6, 6.07) is 10.0. The van der Waals surface area contributed by atoms with Crippen molar-refractivity contribution < 1.29 is 9.59 Å². The molecule has 5 nitrogen and oxygen atoms in total. The summed E-state index contributed by atoms with van der Waals surface area (Å²) in [7, 11) is 0. The molecule has 1 saturated heterocycles. The zero-order valence-electron chi connectivity index (χ0n) is 9.96. The Balaban J connectivity index is 2.00. The number of carbonyl (C=O) groups excluding carboxylic acids is 2. The van der Waals surface area contributed by atoms with Crippen LogP contribution in [0.5, 0.6) is 0 Å². The van der Waals surface area contributed by atoms with Crippen molar-refractivity contribution in [2.24, 2.45) is 0 Å². The lowest BCUT2D eigenvalue weighted by atomic mass is 10.0. The van der Waals surface area contributed by atoms with Crippen LogP contribution in [0.25, 0.3) is 0 Å². The van der Waals surface area contributed by atoms with E-state index in [1.807, 2.05) is 43.3 Å². The molecule has 1 N–H and O–H groups in total. The summed E-state index contributed by atoms with van der Waals surface area (Å²) in [5, 5.41) is 11.5. The van der Waals surface area contributed by atoms with Gasteiger partial charge in [-0.1, -0.05) is 30.3 Å².